The predicted molar refractivity (Wildman–Crippen MR) is 75.9 cm³/mol. The van der Waals surface area contributed by atoms with Gasteiger partial charge in [-0.3, -0.25) is 0 Å². The Hall–Kier alpha value is -1.31. The SMILES string of the molecule is NC1CCC(c2ccc(Cl)cc2)c2ccccc21. The lowest BCUT2D eigenvalue weighted by Crippen LogP contribution is -2.20. The minimum absolute atomic E-state index is 0.185. The predicted octanol–water partition coefficient (Wildman–Crippen LogP) is 4.27. The molecule has 2 N–H and O–H groups in total. The van der Waals surface area contributed by atoms with E-state index in [9.17, 15) is 0 Å². The van der Waals surface area contributed by atoms with Crippen molar-refractivity contribution in [2.45, 2.75) is 24.8 Å². The first-order chi connectivity index (χ1) is 8.75. The fraction of sp³-hybridized carbons (Fsp3) is 0.250. The quantitative estimate of drug-likeness (QED) is 0.811. The summed E-state index contributed by atoms with van der Waals surface area (Å²) in [5, 5.41) is 0.791. The molecule has 2 aromatic rings. The summed E-state index contributed by atoms with van der Waals surface area (Å²) in [6.07, 6.45) is 2.16. The number of rotatable bonds is 1. The Balaban J connectivity index is 2.04. The lowest BCUT2D eigenvalue weighted by atomic mass is 9.77. The van der Waals surface area contributed by atoms with Crippen molar-refractivity contribution in [1.29, 1.82) is 0 Å². The molecule has 0 radical (unpaired) electrons. The van der Waals surface area contributed by atoms with Gasteiger partial charge in [0.25, 0.3) is 0 Å². The van der Waals surface area contributed by atoms with E-state index in [1.54, 1.807) is 0 Å². The Morgan fingerprint density at radius 1 is 0.889 bits per heavy atom. The van der Waals surface area contributed by atoms with Crippen molar-refractivity contribution in [3.63, 3.8) is 0 Å². The maximum atomic E-state index is 6.19. The van der Waals surface area contributed by atoms with Gasteiger partial charge in [0.15, 0.2) is 0 Å². The first-order valence-corrected chi connectivity index (χ1v) is 6.73. The Bertz CT molecular complexity index is 547. The first-order valence-electron chi connectivity index (χ1n) is 6.35. The maximum Gasteiger partial charge on any atom is 0.0406 e. The van der Waals surface area contributed by atoms with Crippen molar-refractivity contribution < 1.29 is 0 Å². The second kappa shape index (κ2) is 4.75. The van der Waals surface area contributed by atoms with E-state index >= 15 is 0 Å². The van der Waals surface area contributed by atoms with Crippen LogP contribution in [-0.4, -0.2) is 0 Å². The molecule has 2 aromatic carbocycles. The van der Waals surface area contributed by atoms with Crippen molar-refractivity contribution in [3.8, 4) is 0 Å². The molecule has 1 aliphatic rings. The van der Waals surface area contributed by atoms with Gasteiger partial charge >= 0.3 is 0 Å². The van der Waals surface area contributed by atoms with Crippen LogP contribution in [0.15, 0.2) is 48.5 Å². The van der Waals surface area contributed by atoms with Crippen molar-refractivity contribution in [2.75, 3.05) is 0 Å². The topological polar surface area (TPSA) is 26.0 Å². The molecule has 0 aliphatic heterocycles. The lowest BCUT2D eigenvalue weighted by Gasteiger charge is -2.30. The van der Waals surface area contributed by atoms with Crippen LogP contribution in [0.25, 0.3) is 0 Å². The van der Waals surface area contributed by atoms with Crippen LogP contribution in [0, 0.1) is 0 Å². The van der Waals surface area contributed by atoms with Crippen LogP contribution in [0.5, 0.6) is 0 Å². The molecule has 0 aromatic heterocycles. The Morgan fingerprint density at radius 3 is 2.28 bits per heavy atom. The van der Waals surface area contributed by atoms with Crippen LogP contribution >= 0.6 is 11.6 Å². The highest BCUT2D eigenvalue weighted by atomic mass is 35.5. The monoisotopic (exact) mass is 257 g/mol. The molecule has 0 spiro atoms. The smallest absolute Gasteiger partial charge is 0.0406 e. The van der Waals surface area contributed by atoms with Gasteiger partial charge in [-0.15, -0.1) is 0 Å². The van der Waals surface area contributed by atoms with Gasteiger partial charge in [0.2, 0.25) is 0 Å². The number of hydrogen-bond donors (Lipinski definition) is 1. The van der Waals surface area contributed by atoms with Crippen LogP contribution in [-0.2, 0) is 0 Å². The number of benzene rings is 2. The van der Waals surface area contributed by atoms with E-state index in [4.69, 9.17) is 17.3 Å². The number of fused-ring (bicyclic) bond motifs is 1. The molecule has 2 atom stereocenters. The zero-order valence-corrected chi connectivity index (χ0v) is 10.9. The average molecular weight is 258 g/mol. The van der Waals surface area contributed by atoms with Crippen molar-refractivity contribution in [1.82, 2.24) is 0 Å². The minimum Gasteiger partial charge on any atom is -0.324 e. The van der Waals surface area contributed by atoms with Crippen molar-refractivity contribution >= 4 is 11.6 Å². The van der Waals surface area contributed by atoms with E-state index in [0.717, 1.165) is 17.9 Å². The summed E-state index contributed by atoms with van der Waals surface area (Å²) in [5.41, 5.74) is 10.2. The summed E-state index contributed by atoms with van der Waals surface area (Å²) < 4.78 is 0. The van der Waals surface area contributed by atoms with Crippen molar-refractivity contribution in [2.24, 2.45) is 5.73 Å². The molecule has 2 unspecified atom stereocenters. The van der Waals surface area contributed by atoms with E-state index in [1.165, 1.54) is 16.7 Å². The zero-order chi connectivity index (χ0) is 12.5. The zero-order valence-electron chi connectivity index (χ0n) is 10.1. The van der Waals surface area contributed by atoms with Crippen LogP contribution in [0.4, 0.5) is 0 Å². The molecular formula is C16H16ClN. The molecule has 1 nitrogen and oxygen atoms in total. The molecule has 0 saturated carbocycles. The van der Waals surface area contributed by atoms with Crippen LogP contribution < -0.4 is 5.73 Å². The minimum atomic E-state index is 0.185. The van der Waals surface area contributed by atoms with E-state index in [1.807, 2.05) is 12.1 Å². The van der Waals surface area contributed by atoms with Gasteiger partial charge in [-0.25, -0.2) is 0 Å². The summed E-state index contributed by atoms with van der Waals surface area (Å²) in [6, 6.07) is 16.9. The van der Waals surface area contributed by atoms with Crippen LogP contribution in [0.2, 0.25) is 5.02 Å². The van der Waals surface area contributed by atoms with Gasteiger partial charge in [-0.1, -0.05) is 48.0 Å². The fourth-order valence-corrected chi connectivity index (χ4v) is 2.99. The lowest BCUT2D eigenvalue weighted by molar-refractivity contribution is 0.530. The molecule has 0 saturated heterocycles. The van der Waals surface area contributed by atoms with Crippen LogP contribution in [0.3, 0.4) is 0 Å². The summed E-state index contributed by atoms with van der Waals surface area (Å²) in [7, 11) is 0. The second-order valence-corrected chi connectivity index (χ2v) is 5.35. The fourth-order valence-electron chi connectivity index (χ4n) is 2.86. The molecule has 92 valence electrons. The maximum absolute atomic E-state index is 6.19. The normalized spacial score (nSPS) is 22.6. The van der Waals surface area contributed by atoms with E-state index in [-0.39, 0.29) is 6.04 Å². The van der Waals surface area contributed by atoms with E-state index in [0.29, 0.717) is 5.92 Å². The van der Waals surface area contributed by atoms with Gasteiger partial charge < -0.3 is 5.73 Å². The molecule has 0 amide bonds. The average Bonchev–Trinajstić information content (AvgIpc) is 2.41. The Labute approximate surface area is 113 Å². The molecular weight excluding hydrogens is 242 g/mol. The third-order valence-corrected chi connectivity index (χ3v) is 4.06. The Morgan fingerprint density at radius 2 is 1.56 bits per heavy atom. The standard InChI is InChI=1S/C16H16ClN/c17-12-7-5-11(6-8-12)13-9-10-16(18)15-4-2-1-3-14(13)15/h1-8,13,16H,9-10,18H2. The summed E-state index contributed by atoms with van der Waals surface area (Å²) >= 11 is 5.95. The molecule has 18 heavy (non-hydrogen) atoms. The highest BCUT2D eigenvalue weighted by Crippen LogP contribution is 2.40. The van der Waals surface area contributed by atoms with Gasteiger partial charge in [0.1, 0.15) is 0 Å². The molecule has 0 heterocycles. The largest absolute Gasteiger partial charge is 0.324 e. The van der Waals surface area contributed by atoms with Gasteiger partial charge in [0, 0.05) is 17.0 Å². The van der Waals surface area contributed by atoms with E-state index in [2.05, 4.69) is 36.4 Å². The molecule has 0 bridgehead atoms. The summed E-state index contributed by atoms with van der Waals surface area (Å²) in [4.78, 5) is 0. The third kappa shape index (κ3) is 2.05. The highest BCUT2D eigenvalue weighted by Gasteiger charge is 2.25. The second-order valence-electron chi connectivity index (χ2n) is 4.92. The number of halogens is 1. The number of hydrogen-bond acceptors (Lipinski definition) is 1. The molecule has 1 aliphatic carbocycles. The summed E-state index contributed by atoms with van der Waals surface area (Å²) in [5.74, 6) is 0.457. The first kappa shape index (κ1) is 11.8. The molecule has 0 fully saturated rings. The third-order valence-electron chi connectivity index (χ3n) is 3.81. The van der Waals surface area contributed by atoms with Gasteiger partial charge in [0.05, 0.1) is 0 Å². The molecule has 2 heteroatoms. The number of nitrogens with two attached hydrogens (primary N) is 1. The molecule has 3 rings (SSSR count). The van der Waals surface area contributed by atoms with Gasteiger partial charge in [-0.2, -0.15) is 0 Å². The summed E-state index contributed by atoms with van der Waals surface area (Å²) in [6.45, 7) is 0. The Kier molecular flexibility index (Phi) is 3.11. The van der Waals surface area contributed by atoms with Gasteiger partial charge in [-0.05, 0) is 41.7 Å². The highest BCUT2D eigenvalue weighted by molar-refractivity contribution is 6.30. The van der Waals surface area contributed by atoms with E-state index < -0.39 is 0 Å². The van der Waals surface area contributed by atoms with Crippen molar-refractivity contribution in [3.05, 3.63) is 70.2 Å². The van der Waals surface area contributed by atoms with Crippen LogP contribution in [0.1, 0.15) is 41.5 Å².